The molecular weight excluding hydrogens is 543 g/mol. The van der Waals surface area contributed by atoms with E-state index in [1.54, 1.807) is 20.2 Å². The van der Waals surface area contributed by atoms with Crippen molar-refractivity contribution in [3.05, 3.63) is 69.1 Å². The molecule has 1 unspecified atom stereocenters. The van der Waals surface area contributed by atoms with Gasteiger partial charge in [0.2, 0.25) is 11.8 Å². The predicted molar refractivity (Wildman–Crippen MR) is 150 cm³/mol. The Kier molecular flexibility index (Phi) is 10.1. The third-order valence-electron chi connectivity index (χ3n) is 6.02. The maximum absolute atomic E-state index is 14.5. The van der Waals surface area contributed by atoms with Crippen LogP contribution in [0.1, 0.15) is 37.9 Å². The van der Waals surface area contributed by atoms with E-state index < -0.39 is 29.4 Å². The summed E-state index contributed by atoms with van der Waals surface area (Å²) in [6.45, 7) is 3.95. The number of fused-ring (bicyclic) bond motifs is 1. The van der Waals surface area contributed by atoms with Crippen LogP contribution in [0.2, 0.25) is 5.15 Å². The third kappa shape index (κ3) is 7.69. The van der Waals surface area contributed by atoms with E-state index in [1.165, 1.54) is 39.9 Å². The second-order valence-corrected chi connectivity index (χ2v) is 10.3. The number of allylic oxidation sites excluding steroid dienone is 1. The summed E-state index contributed by atoms with van der Waals surface area (Å²) in [5.74, 6) is -1.20. The molecule has 0 bridgehead atoms. The number of anilines is 1. The van der Waals surface area contributed by atoms with E-state index in [9.17, 15) is 28.7 Å². The van der Waals surface area contributed by atoms with Crippen LogP contribution in [0.3, 0.4) is 0 Å². The van der Waals surface area contributed by atoms with Gasteiger partial charge in [0.25, 0.3) is 5.56 Å². The Morgan fingerprint density at radius 2 is 2.00 bits per heavy atom. The molecule has 0 aliphatic rings. The lowest BCUT2D eigenvalue weighted by atomic mass is 10.0. The number of aromatic nitrogens is 3. The van der Waals surface area contributed by atoms with Crippen LogP contribution in [-0.2, 0) is 22.6 Å². The molecule has 0 saturated carbocycles. The van der Waals surface area contributed by atoms with Gasteiger partial charge in [-0.1, -0.05) is 31.5 Å². The first-order valence-corrected chi connectivity index (χ1v) is 13.0. The monoisotopic (exact) mass is 574 g/mol. The molecule has 0 spiro atoms. The Hall–Kier alpha value is -4.19. The Morgan fingerprint density at radius 1 is 1.27 bits per heavy atom. The van der Waals surface area contributed by atoms with Crippen molar-refractivity contribution in [1.29, 1.82) is 0 Å². The third-order valence-corrected chi connectivity index (χ3v) is 6.35. The standard InChI is InChI=1S/C27H32ClFN6O5/c1-15(2)11-17-18(29)13-30-21-12-16(31-24(17)21)14-35-22(28)10-9-20(26(35)38)32-25(37)19(33-27(39)40)7-5-6-8-23(36)34(3)4/h6,8-10,12-13,15,19,31,33H,5,7,11,14H2,1-4H3,(H,32,37)(H,39,40). The fraction of sp³-hybridized carbons (Fsp3) is 0.370. The maximum Gasteiger partial charge on any atom is 0.405 e. The van der Waals surface area contributed by atoms with E-state index in [2.05, 4.69) is 20.6 Å². The van der Waals surface area contributed by atoms with Crippen LogP contribution >= 0.6 is 11.6 Å². The number of carbonyl (C=O) groups excluding carboxylic acids is 2. The molecule has 0 aromatic carbocycles. The predicted octanol–water partition coefficient (Wildman–Crippen LogP) is 3.76. The van der Waals surface area contributed by atoms with E-state index in [4.69, 9.17) is 11.6 Å². The number of nitrogens with one attached hydrogen (secondary N) is 3. The van der Waals surface area contributed by atoms with Crippen LogP contribution in [0.4, 0.5) is 14.9 Å². The molecule has 3 heterocycles. The summed E-state index contributed by atoms with van der Waals surface area (Å²) < 4.78 is 15.7. The molecule has 40 heavy (non-hydrogen) atoms. The lowest BCUT2D eigenvalue weighted by Gasteiger charge is -2.17. The summed E-state index contributed by atoms with van der Waals surface area (Å²) in [5, 5.41) is 13.9. The smallest absolute Gasteiger partial charge is 0.405 e. The van der Waals surface area contributed by atoms with E-state index in [0.717, 1.165) is 0 Å². The summed E-state index contributed by atoms with van der Waals surface area (Å²) in [6.07, 6.45) is 3.40. The Balaban J connectivity index is 1.82. The zero-order valence-electron chi connectivity index (χ0n) is 22.6. The minimum Gasteiger partial charge on any atom is -0.465 e. The first-order valence-electron chi connectivity index (χ1n) is 12.6. The summed E-state index contributed by atoms with van der Waals surface area (Å²) in [5.41, 5.74) is 1.42. The van der Waals surface area contributed by atoms with Crippen molar-refractivity contribution in [2.24, 2.45) is 5.92 Å². The number of aromatic amines is 1. The van der Waals surface area contributed by atoms with Crippen LogP contribution in [-0.4, -0.2) is 62.6 Å². The van der Waals surface area contributed by atoms with Gasteiger partial charge in [0.15, 0.2) is 0 Å². The molecular formula is C27H32ClFN6O5. The van der Waals surface area contributed by atoms with Gasteiger partial charge in [0.1, 0.15) is 22.7 Å². The average molecular weight is 575 g/mol. The minimum absolute atomic E-state index is 0.0119. The normalized spacial score (nSPS) is 12.2. The fourth-order valence-corrected chi connectivity index (χ4v) is 4.25. The van der Waals surface area contributed by atoms with Gasteiger partial charge in [-0.2, -0.15) is 0 Å². The number of amides is 3. The topological polar surface area (TPSA) is 149 Å². The van der Waals surface area contributed by atoms with Gasteiger partial charge in [0, 0.05) is 25.4 Å². The quantitative estimate of drug-likeness (QED) is 0.202. The van der Waals surface area contributed by atoms with Crippen molar-refractivity contribution in [2.75, 3.05) is 19.4 Å². The summed E-state index contributed by atoms with van der Waals surface area (Å²) in [7, 11) is 3.18. The molecule has 3 amide bonds. The number of halogens is 2. The average Bonchev–Trinajstić information content (AvgIpc) is 3.29. The molecule has 3 aromatic rings. The molecule has 214 valence electrons. The SMILES string of the molecule is CC(C)Cc1c(F)cnc2cc(Cn3c(Cl)ccc(NC(=O)C(CCC=CC(=O)N(C)C)NC(=O)O)c3=O)[nH]c12. The molecule has 11 nitrogen and oxygen atoms in total. The largest absolute Gasteiger partial charge is 0.465 e. The molecule has 4 N–H and O–H groups in total. The summed E-state index contributed by atoms with van der Waals surface area (Å²) >= 11 is 6.31. The molecule has 1 atom stereocenters. The molecule has 3 aromatic heterocycles. The molecule has 3 rings (SSSR count). The van der Waals surface area contributed by atoms with Gasteiger partial charge in [0.05, 0.1) is 23.8 Å². The van der Waals surface area contributed by atoms with Crippen LogP contribution in [0.5, 0.6) is 0 Å². The number of likely N-dealkylation sites (N-methyl/N-ethyl adjacent to an activating group) is 1. The van der Waals surface area contributed by atoms with Gasteiger partial charge >= 0.3 is 6.09 Å². The number of carboxylic acid groups (broad SMARTS) is 1. The summed E-state index contributed by atoms with van der Waals surface area (Å²) in [4.78, 5) is 57.7. The molecule has 0 saturated heterocycles. The van der Waals surface area contributed by atoms with Crippen molar-refractivity contribution in [2.45, 2.75) is 45.7 Å². The highest BCUT2D eigenvalue weighted by molar-refractivity contribution is 6.29. The van der Waals surface area contributed by atoms with Crippen LogP contribution in [0, 0.1) is 11.7 Å². The molecule has 0 radical (unpaired) electrons. The van der Waals surface area contributed by atoms with E-state index in [-0.39, 0.29) is 42.1 Å². The number of carbonyl (C=O) groups is 3. The number of nitrogens with zero attached hydrogens (tertiary/aromatic N) is 3. The zero-order valence-corrected chi connectivity index (χ0v) is 23.4. The van der Waals surface area contributed by atoms with Crippen LogP contribution < -0.4 is 16.2 Å². The highest BCUT2D eigenvalue weighted by Crippen LogP contribution is 2.24. The van der Waals surface area contributed by atoms with Gasteiger partial charge in [-0.05, 0) is 49.5 Å². The molecule has 0 aliphatic heterocycles. The maximum atomic E-state index is 14.5. The van der Waals surface area contributed by atoms with E-state index in [0.29, 0.717) is 28.7 Å². The number of hydrogen-bond donors (Lipinski definition) is 4. The molecule has 0 fully saturated rings. The number of H-pyrrole nitrogens is 1. The lowest BCUT2D eigenvalue weighted by molar-refractivity contribution is -0.123. The van der Waals surface area contributed by atoms with Crippen molar-refractivity contribution < 1.29 is 23.9 Å². The summed E-state index contributed by atoms with van der Waals surface area (Å²) in [6, 6.07) is 3.27. The number of rotatable bonds is 11. The van der Waals surface area contributed by atoms with Gasteiger partial charge in [-0.25, -0.2) is 9.18 Å². The number of pyridine rings is 2. The highest BCUT2D eigenvalue weighted by Gasteiger charge is 2.22. The lowest BCUT2D eigenvalue weighted by Crippen LogP contribution is -2.44. The Bertz CT molecular complexity index is 1500. The number of hydrogen-bond acceptors (Lipinski definition) is 5. The fourth-order valence-electron chi connectivity index (χ4n) is 4.05. The second-order valence-electron chi connectivity index (χ2n) is 9.90. The Labute approximate surface area is 235 Å². The molecule has 13 heteroatoms. The second kappa shape index (κ2) is 13.2. The van der Waals surface area contributed by atoms with Crippen molar-refractivity contribution >= 4 is 46.2 Å². The Morgan fingerprint density at radius 3 is 2.65 bits per heavy atom. The van der Waals surface area contributed by atoms with E-state index >= 15 is 0 Å². The van der Waals surface area contributed by atoms with Crippen LogP contribution in [0.15, 0.2) is 41.3 Å². The highest BCUT2D eigenvalue weighted by atomic mass is 35.5. The van der Waals surface area contributed by atoms with Gasteiger partial charge in [-0.15, -0.1) is 0 Å². The van der Waals surface area contributed by atoms with Gasteiger partial charge in [-0.3, -0.25) is 23.9 Å². The van der Waals surface area contributed by atoms with Crippen molar-refractivity contribution in [3.63, 3.8) is 0 Å². The minimum atomic E-state index is -1.41. The van der Waals surface area contributed by atoms with Crippen LogP contribution in [0.25, 0.3) is 11.0 Å². The first kappa shape index (κ1) is 30.4. The van der Waals surface area contributed by atoms with E-state index in [1.807, 2.05) is 13.8 Å². The first-order chi connectivity index (χ1) is 18.9. The van der Waals surface area contributed by atoms with Crippen molar-refractivity contribution in [3.8, 4) is 0 Å². The van der Waals surface area contributed by atoms with Gasteiger partial charge < -0.3 is 25.6 Å². The van der Waals surface area contributed by atoms with Crippen molar-refractivity contribution in [1.82, 2.24) is 24.8 Å². The molecule has 0 aliphatic carbocycles. The zero-order chi connectivity index (χ0) is 29.6.